The number of rotatable bonds is 10. The van der Waals surface area contributed by atoms with Gasteiger partial charge in [0.25, 0.3) is 0 Å². The fourth-order valence-corrected chi connectivity index (χ4v) is 5.11. The van der Waals surface area contributed by atoms with Gasteiger partial charge in [-0.25, -0.2) is 8.42 Å². The molecule has 0 fully saturated rings. The van der Waals surface area contributed by atoms with E-state index in [-0.39, 0.29) is 12.5 Å². The minimum Gasteiger partial charge on any atom is -0.357 e. The molecule has 1 unspecified atom stereocenters. The lowest BCUT2D eigenvalue weighted by Crippen LogP contribution is -2.53. The molecule has 8 heteroatoms. The highest BCUT2D eigenvalue weighted by Crippen LogP contribution is 2.26. The molecule has 7 nitrogen and oxygen atoms in total. The lowest BCUT2D eigenvalue weighted by molar-refractivity contribution is -0.139. The molecule has 0 bridgehead atoms. The smallest absolute Gasteiger partial charge is 0.244 e. The molecule has 0 spiro atoms. The number of nitrogens with zero attached hydrogens (tertiary/aromatic N) is 2. The van der Waals surface area contributed by atoms with Gasteiger partial charge in [0.15, 0.2) is 0 Å². The maximum atomic E-state index is 13.9. The predicted octanol–water partition coefficient (Wildman–Crippen LogP) is 3.76. The average molecular weight is 522 g/mol. The van der Waals surface area contributed by atoms with Gasteiger partial charge < -0.3 is 10.2 Å². The van der Waals surface area contributed by atoms with Gasteiger partial charge in [-0.05, 0) is 49.1 Å². The standard InChI is InChI=1S/C29H35N3O4S/c1-21-14-16-25(17-15-21)19-31(27(29(34)30-4)18-24-11-7-6-8-12-24)28(33)20-32(37(5,35)36)26-13-9-10-22(2)23(26)3/h6-17,27H,18-20H2,1-5H3,(H,30,34). The van der Waals surface area contributed by atoms with Crippen molar-refractivity contribution in [3.8, 4) is 0 Å². The van der Waals surface area contributed by atoms with Crippen LogP contribution in [0.15, 0.2) is 72.8 Å². The van der Waals surface area contributed by atoms with Crippen LogP contribution in [-0.4, -0.2) is 51.0 Å². The lowest BCUT2D eigenvalue weighted by Gasteiger charge is -2.33. The summed E-state index contributed by atoms with van der Waals surface area (Å²) in [5, 5.41) is 2.68. The molecule has 3 aromatic rings. The van der Waals surface area contributed by atoms with E-state index in [2.05, 4.69) is 5.32 Å². The van der Waals surface area contributed by atoms with Crippen LogP contribution in [-0.2, 0) is 32.6 Å². The third-order valence-corrected chi connectivity index (χ3v) is 7.64. The molecule has 1 N–H and O–H groups in total. The molecule has 37 heavy (non-hydrogen) atoms. The molecule has 0 aliphatic carbocycles. The monoisotopic (exact) mass is 521 g/mol. The number of carbonyl (C=O) groups is 2. The summed E-state index contributed by atoms with van der Waals surface area (Å²) < 4.78 is 26.9. The maximum absolute atomic E-state index is 13.9. The summed E-state index contributed by atoms with van der Waals surface area (Å²) in [7, 11) is -2.25. The summed E-state index contributed by atoms with van der Waals surface area (Å²) in [6.07, 6.45) is 1.38. The molecule has 0 heterocycles. The molecule has 3 rings (SSSR count). The van der Waals surface area contributed by atoms with Crippen molar-refractivity contribution in [2.75, 3.05) is 24.2 Å². The number of amides is 2. The molecule has 0 aliphatic rings. The third kappa shape index (κ3) is 7.20. The Bertz CT molecular complexity index is 1340. The van der Waals surface area contributed by atoms with Gasteiger partial charge in [-0.1, -0.05) is 72.3 Å². The predicted molar refractivity (Wildman–Crippen MR) is 148 cm³/mol. The van der Waals surface area contributed by atoms with Crippen molar-refractivity contribution in [2.45, 2.75) is 39.8 Å². The zero-order valence-electron chi connectivity index (χ0n) is 22.1. The fourth-order valence-electron chi connectivity index (χ4n) is 4.21. The van der Waals surface area contributed by atoms with E-state index >= 15 is 0 Å². The summed E-state index contributed by atoms with van der Waals surface area (Å²) in [5.41, 5.74) is 4.96. The van der Waals surface area contributed by atoms with Gasteiger partial charge in [-0.3, -0.25) is 13.9 Å². The number of anilines is 1. The van der Waals surface area contributed by atoms with E-state index in [1.54, 1.807) is 12.1 Å². The molecular weight excluding hydrogens is 486 g/mol. The van der Waals surface area contributed by atoms with Gasteiger partial charge in [0.1, 0.15) is 12.6 Å². The highest BCUT2D eigenvalue weighted by atomic mass is 32.2. The Morgan fingerprint density at radius 3 is 2.11 bits per heavy atom. The van der Waals surface area contributed by atoms with E-state index in [9.17, 15) is 18.0 Å². The second-order valence-electron chi connectivity index (χ2n) is 9.32. The number of hydrogen-bond acceptors (Lipinski definition) is 4. The largest absolute Gasteiger partial charge is 0.357 e. The van der Waals surface area contributed by atoms with Crippen molar-refractivity contribution in [3.63, 3.8) is 0 Å². The van der Waals surface area contributed by atoms with Crippen LogP contribution in [0.2, 0.25) is 0 Å². The van der Waals surface area contributed by atoms with E-state index in [1.165, 1.54) is 11.9 Å². The van der Waals surface area contributed by atoms with Crippen LogP contribution in [0, 0.1) is 20.8 Å². The zero-order valence-corrected chi connectivity index (χ0v) is 22.9. The number of benzene rings is 3. The number of hydrogen-bond donors (Lipinski definition) is 1. The van der Waals surface area contributed by atoms with Crippen molar-refractivity contribution >= 4 is 27.5 Å². The highest BCUT2D eigenvalue weighted by molar-refractivity contribution is 7.92. The van der Waals surface area contributed by atoms with Gasteiger partial charge in [-0.15, -0.1) is 0 Å². The van der Waals surface area contributed by atoms with Crippen molar-refractivity contribution in [1.29, 1.82) is 0 Å². The first-order valence-corrected chi connectivity index (χ1v) is 14.0. The summed E-state index contributed by atoms with van der Waals surface area (Å²) in [4.78, 5) is 28.5. The van der Waals surface area contributed by atoms with Crippen LogP contribution in [0.1, 0.15) is 27.8 Å². The quantitative estimate of drug-likeness (QED) is 0.440. The van der Waals surface area contributed by atoms with Gasteiger partial charge in [0, 0.05) is 20.0 Å². The first-order valence-electron chi connectivity index (χ1n) is 12.2. The Kier molecular flexibility index (Phi) is 9.10. The number of sulfonamides is 1. The van der Waals surface area contributed by atoms with E-state index < -0.39 is 28.5 Å². The molecule has 0 saturated carbocycles. The Morgan fingerprint density at radius 2 is 1.51 bits per heavy atom. The van der Waals surface area contributed by atoms with Crippen molar-refractivity contribution in [2.24, 2.45) is 0 Å². The summed E-state index contributed by atoms with van der Waals surface area (Å²) in [5.74, 6) is -0.779. The topological polar surface area (TPSA) is 86.8 Å². The van der Waals surface area contributed by atoms with Crippen LogP contribution in [0.3, 0.4) is 0 Å². The molecule has 3 aromatic carbocycles. The van der Waals surface area contributed by atoms with Crippen molar-refractivity contribution in [1.82, 2.24) is 10.2 Å². The minimum atomic E-state index is -3.79. The van der Waals surface area contributed by atoms with Crippen LogP contribution in [0.5, 0.6) is 0 Å². The minimum absolute atomic E-state index is 0.161. The lowest BCUT2D eigenvalue weighted by atomic mass is 10.0. The fraction of sp³-hybridized carbons (Fsp3) is 0.310. The number of aryl methyl sites for hydroxylation is 2. The summed E-state index contributed by atoms with van der Waals surface area (Å²) in [6.45, 7) is 5.45. The van der Waals surface area contributed by atoms with Crippen LogP contribution in [0.4, 0.5) is 5.69 Å². The molecule has 196 valence electrons. The van der Waals surface area contributed by atoms with Gasteiger partial charge in [0.05, 0.1) is 11.9 Å². The third-order valence-electron chi connectivity index (χ3n) is 6.51. The summed E-state index contributed by atoms with van der Waals surface area (Å²) in [6, 6.07) is 21.7. The van der Waals surface area contributed by atoms with Crippen LogP contribution >= 0.6 is 0 Å². The summed E-state index contributed by atoms with van der Waals surface area (Å²) >= 11 is 0. The Hall–Kier alpha value is -3.65. The molecule has 0 radical (unpaired) electrons. The van der Waals surface area contributed by atoms with E-state index in [0.29, 0.717) is 12.1 Å². The molecule has 0 aromatic heterocycles. The van der Waals surface area contributed by atoms with Crippen LogP contribution < -0.4 is 9.62 Å². The average Bonchev–Trinajstić information content (AvgIpc) is 2.87. The molecular formula is C29H35N3O4S. The second kappa shape index (κ2) is 12.1. The molecule has 0 aliphatic heterocycles. The van der Waals surface area contributed by atoms with Gasteiger partial charge in [-0.2, -0.15) is 0 Å². The Morgan fingerprint density at radius 1 is 0.865 bits per heavy atom. The van der Waals surface area contributed by atoms with E-state index in [1.807, 2.05) is 81.4 Å². The van der Waals surface area contributed by atoms with E-state index in [4.69, 9.17) is 0 Å². The van der Waals surface area contributed by atoms with Crippen molar-refractivity contribution in [3.05, 3.63) is 101 Å². The zero-order chi connectivity index (χ0) is 27.2. The molecule has 2 amide bonds. The van der Waals surface area contributed by atoms with Crippen LogP contribution in [0.25, 0.3) is 0 Å². The maximum Gasteiger partial charge on any atom is 0.244 e. The Balaban J connectivity index is 2.05. The number of likely N-dealkylation sites (N-methyl/N-ethyl adjacent to an activating group) is 1. The second-order valence-corrected chi connectivity index (χ2v) is 11.2. The highest BCUT2D eigenvalue weighted by Gasteiger charge is 2.33. The SMILES string of the molecule is CNC(=O)C(Cc1ccccc1)N(Cc1ccc(C)cc1)C(=O)CN(c1cccc(C)c1C)S(C)(=O)=O. The first kappa shape index (κ1) is 27.9. The molecule has 1 atom stereocenters. The normalized spacial score (nSPS) is 12.0. The molecule has 0 saturated heterocycles. The van der Waals surface area contributed by atoms with E-state index in [0.717, 1.165) is 38.4 Å². The number of carbonyl (C=O) groups excluding carboxylic acids is 2. The van der Waals surface area contributed by atoms with Gasteiger partial charge in [0.2, 0.25) is 21.8 Å². The first-order chi connectivity index (χ1) is 17.5. The Labute approximate surface area is 220 Å². The van der Waals surface area contributed by atoms with Crippen molar-refractivity contribution < 1.29 is 18.0 Å². The number of nitrogens with one attached hydrogen (secondary N) is 1. The van der Waals surface area contributed by atoms with Gasteiger partial charge >= 0.3 is 0 Å².